The van der Waals surface area contributed by atoms with Gasteiger partial charge >= 0.3 is 6.09 Å². The normalized spacial score (nSPS) is 9.82. The van der Waals surface area contributed by atoms with Crippen LogP contribution in [0.3, 0.4) is 0 Å². The minimum absolute atomic E-state index is 0.191. The number of hydrogen-bond donors (Lipinski definition) is 0. The predicted octanol–water partition coefficient (Wildman–Crippen LogP) is 4.40. The van der Waals surface area contributed by atoms with Gasteiger partial charge in [0.25, 0.3) is 0 Å². The number of rotatable bonds is 5. The van der Waals surface area contributed by atoms with Gasteiger partial charge in [-0.15, -0.1) is 0 Å². The van der Waals surface area contributed by atoms with Gasteiger partial charge < -0.3 is 4.74 Å². The molecule has 5 heteroatoms. The number of carbonyl (C=O) groups excluding carboxylic acids is 1. The van der Waals surface area contributed by atoms with E-state index >= 15 is 0 Å². The molecule has 1 amide bonds. The van der Waals surface area contributed by atoms with E-state index < -0.39 is 6.09 Å². The maximum absolute atomic E-state index is 12.3. The number of amides is 1. The van der Waals surface area contributed by atoms with Crippen LogP contribution in [0.1, 0.15) is 12.0 Å². The zero-order chi connectivity index (χ0) is 15.8. The molecule has 0 spiro atoms. The minimum atomic E-state index is -0.485. The quantitative estimate of drug-likeness (QED) is 0.822. The van der Waals surface area contributed by atoms with Crippen LogP contribution in [0.2, 0.25) is 5.02 Å². The summed E-state index contributed by atoms with van der Waals surface area (Å²) in [5.41, 5.74) is 1.56. The first kappa shape index (κ1) is 15.9. The summed E-state index contributed by atoms with van der Waals surface area (Å²) in [7, 11) is 0. The molecular formula is C17H15ClN2O2. The molecule has 0 fully saturated rings. The van der Waals surface area contributed by atoms with E-state index in [1.165, 1.54) is 4.90 Å². The minimum Gasteiger partial charge on any atom is -0.444 e. The Morgan fingerprint density at radius 1 is 1.14 bits per heavy atom. The number of nitriles is 1. The van der Waals surface area contributed by atoms with Crippen molar-refractivity contribution in [2.45, 2.75) is 13.0 Å². The Morgan fingerprint density at radius 2 is 1.82 bits per heavy atom. The molecule has 0 aliphatic heterocycles. The first-order valence-corrected chi connectivity index (χ1v) is 7.19. The van der Waals surface area contributed by atoms with Crippen molar-refractivity contribution in [3.63, 3.8) is 0 Å². The molecule has 22 heavy (non-hydrogen) atoms. The lowest BCUT2D eigenvalue weighted by atomic mass is 10.2. The fourth-order valence-electron chi connectivity index (χ4n) is 1.91. The molecule has 0 aliphatic rings. The summed E-state index contributed by atoms with van der Waals surface area (Å²) in [5, 5.41) is 9.33. The summed E-state index contributed by atoms with van der Waals surface area (Å²) in [6.45, 7) is 0.460. The molecule has 2 aromatic carbocycles. The van der Waals surface area contributed by atoms with E-state index in [4.69, 9.17) is 21.6 Å². The van der Waals surface area contributed by atoms with E-state index in [9.17, 15) is 4.79 Å². The highest BCUT2D eigenvalue weighted by Crippen LogP contribution is 2.19. The number of nitrogens with zero attached hydrogens (tertiary/aromatic N) is 2. The Hall–Kier alpha value is -2.51. The Balaban J connectivity index is 2.06. The van der Waals surface area contributed by atoms with Crippen LogP contribution >= 0.6 is 11.6 Å². The molecule has 0 saturated heterocycles. The number of hydrogen-bond acceptors (Lipinski definition) is 3. The van der Waals surface area contributed by atoms with Gasteiger partial charge in [-0.25, -0.2) is 4.79 Å². The van der Waals surface area contributed by atoms with Crippen LogP contribution in [0.25, 0.3) is 0 Å². The van der Waals surface area contributed by atoms with Crippen LogP contribution in [0.4, 0.5) is 10.5 Å². The third-order valence-corrected chi connectivity index (χ3v) is 3.26. The van der Waals surface area contributed by atoms with Gasteiger partial charge in [0.2, 0.25) is 0 Å². The van der Waals surface area contributed by atoms with Crippen molar-refractivity contribution < 1.29 is 9.53 Å². The predicted molar refractivity (Wildman–Crippen MR) is 85.7 cm³/mol. The SMILES string of the molecule is N#CCCN(C(=O)OCc1ccccc1)c1ccc(Cl)cc1. The Labute approximate surface area is 134 Å². The van der Waals surface area contributed by atoms with Crippen molar-refractivity contribution in [2.75, 3.05) is 11.4 Å². The molecule has 0 N–H and O–H groups in total. The maximum atomic E-state index is 12.3. The zero-order valence-corrected chi connectivity index (χ0v) is 12.7. The van der Waals surface area contributed by atoms with Gasteiger partial charge in [-0.3, -0.25) is 4.90 Å². The number of carbonyl (C=O) groups is 1. The molecule has 0 radical (unpaired) electrons. The van der Waals surface area contributed by atoms with E-state index in [0.29, 0.717) is 10.7 Å². The molecule has 0 atom stereocenters. The van der Waals surface area contributed by atoms with Crippen molar-refractivity contribution in [2.24, 2.45) is 0 Å². The second-order valence-electron chi connectivity index (χ2n) is 4.58. The number of halogens is 1. The standard InChI is InChI=1S/C17H15ClN2O2/c18-15-7-9-16(10-8-15)20(12-4-11-19)17(21)22-13-14-5-2-1-3-6-14/h1-3,5-10H,4,12-13H2. The lowest BCUT2D eigenvalue weighted by Gasteiger charge is -2.21. The first-order valence-electron chi connectivity index (χ1n) is 6.81. The summed E-state index contributed by atoms with van der Waals surface area (Å²) in [6, 6.07) is 18.3. The summed E-state index contributed by atoms with van der Waals surface area (Å²) in [6.07, 6.45) is -0.260. The van der Waals surface area contributed by atoms with Crippen LogP contribution < -0.4 is 4.90 Å². The molecule has 0 unspecified atom stereocenters. The average molecular weight is 315 g/mol. The van der Waals surface area contributed by atoms with Gasteiger partial charge in [0.05, 0.1) is 12.5 Å². The van der Waals surface area contributed by atoms with Gasteiger partial charge in [-0.2, -0.15) is 5.26 Å². The van der Waals surface area contributed by atoms with Crippen LogP contribution in [-0.2, 0) is 11.3 Å². The highest BCUT2D eigenvalue weighted by Gasteiger charge is 2.17. The fourth-order valence-corrected chi connectivity index (χ4v) is 2.03. The van der Waals surface area contributed by atoms with Crippen molar-refractivity contribution in [3.05, 3.63) is 65.2 Å². The molecule has 4 nitrogen and oxygen atoms in total. The van der Waals surface area contributed by atoms with Gasteiger partial charge in [0.1, 0.15) is 6.61 Å². The Bertz CT molecular complexity index is 651. The number of benzene rings is 2. The third-order valence-electron chi connectivity index (χ3n) is 3.01. The number of ether oxygens (including phenoxy) is 1. The topological polar surface area (TPSA) is 53.3 Å². The zero-order valence-electron chi connectivity index (χ0n) is 11.9. The Morgan fingerprint density at radius 3 is 2.45 bits per heavy atom. The lowest BCUT2D eigenvalue weighted by molar-refractivity contribution is 0.147. The van der Waals surface area contributed by atoms with E-state index in [1.54, 1.807) is 24.3 Å². The van der Waals surface area contributed by atoms with Gasteiger partial charge in [0, 0.05) is 17.3 Å². The second-order valence-corrected chi connectivity index (χ2v) is 5.01. The summed E-state index contributed by atoms with van der Waals surface area (Å²) in [5.74, 6) is 0. The molecule has 2 aromatic rings. The highest BCUT2D eigenvalue weighted by atomic mass is 35.5. The van der Waals surface area contributed by atoms with Crippen molar-refractivity contribution in [1.29, 1.82) is 5.26 Å². The molecule has 112 valence electrons. The molecule has 2 rings (SSSR count). The Kier molecular flexibility index (Phi) is 5.81. The van der Waals surface area contributed by atoms with Gasteiger partial charge in [-0.1, -0.05) is 41.9 Å². The van der Waals surface area contributed by atoms with Crippen LogP contribution in [0, 0.1) is 11.3 Å². The average Bonchev–Trinajstić information content (AvgIpc) is 2.56. The highest BCUT2D eigenvalue weighted by molar-refractivity contribution is 6.30. The third kappa shape index (κ3) is 4.51. The second kappa shape index (κ2) is 8.06. The summed E-state index contributed by atoms with van der Waals surface area (Å²) >= 11 is 5.85. The van der Waals surface area contributed by atoms with Crippen LogP contribution in [0.15, 0.2) is 54.6 Å². The largest absolute Gasteiger partial charge is 0.444 e. The van der Waals surface area contributed by atoms with E-state index in [0.717, 1.165) is 5.56 Å². The summed E-state index contributed by atoms with van der Waals surface area (Å²) in [4.78, 5) is 13.7. The lowest BCUT2D eigenvalue weighted by Crippen LogP contribution is -2.32. The van der Waals surface area contributed by atoms with Crippen LogP contribution in [0.5, 0.6) is 0 Å². The monoisotopic (exact) mass is 314 g/mol. The molecule has 0 aromatic heterocycles. The molecular weight excluding hydrogens is 300 g/mol. The van der Waals surface area contributed by atoms with E-state index in [2.05, 4.69) is 0 Å². The molecule has 0 saturated carbocycles. The van der Waals surface area contributed by atoms with Gasteiger partial charge in [0.15, 0.2) is 0 Å². The molecule has 0 aliphatic carbocycles. The molecule has 0 heterocycles. The maximum Gasteiger partial charge on any atom is 0.414 e. The van der Waals surface area contributed by atoms with Crippen molar-refractivity contribution in [3.8, 4) is 6.07 Å². The number of anilines is 1. The van der Waals surface area contributed by atoms with Gasteiger partial charge in [-0.05, 0) is 29.8 Å². The fraction of sp³-hybridized carbons (Fsp3) is 0.176. The summed E-state index contributed by atoms with van der Waals surface area (Å²) < 4.78 is 5.32. The smallest absolute Gasteiger partial charge is 0.414 e. The van der Waals surface area contributed by atoms with Crippen LogP contribution in [-0.4, -0.2) is 12.6 Å². The van der Waals surface area contributed by atoms with E-state index in [1.807, 2.05) is 36.4 Å². The first-order chi connectivity index (χ1) is 10.7. The van der Waals surface area contributed by atoms with Crippen molar-refractivity contribution in [1.82, 2.24) is 0 Å². The van der Waals surface area contributed by atoms with Crippen molar-refractivity contribution >= 4 is 23.4 Å². The van der Waals surface area contributed by atoms with E-state index in [-0.39, 0.29) is 19.6 Å². The molecule has 0 bridgehead atoms.